The third kappa shape index (κ3) is 8.16. The fourth-order valence-electron chi connectivity index (χ4n) is 2.54. The Balaban J connectivity index is 0.00000392. The van der Waals surface area contributed by atoms with Gasteiger partial charge in [-0.25, -0.2) is 4.99 Å². The van der Waals surface area contributed by atoms with Crippen molar-refractivity contribution in [1.29, 1.82) is 0 Å². The van der Waals surface area contributed by atoms with Gasteiger partial charge in [-0.05, 0) is 56.2 Å². The second-order valence-corrected chi connectivity index (χ2v) is 6.39. The van der Waals surface area contributed by atoms with E-state index < -0.39 is 5.91 Å². The van der Waals surface area contributed by atoms with Crippen molar-refractivity contribution in [2.45, 2.75) is 33.4 Å². The summed E-state index contributed by atoms with van der Waals surface area (Å²) >= 11 is 0. The van der Waals surface area contributed by atoms with Gasteiger partial charge in [-0.3, -0.25) is 4.79 Å². The van der Waals surface area contributed by atoms with Crippen LogP contribution in [0, 0.1) is 6.92 Å². The first kappa shape index (κ1) is 23.7. The zero-order valence-electron chi connectivity index (χ0n) is 16.6. The molecule has 0 aliphatic carbocycles. The Morgan fingerprint density at radius 1 is 1.18 bits per heavy atom. The molecule has 0 aliphatic heterocycles. The number of nitrogens with two attached hydrogens (primary N) is 1. The van der Waals surface area contributed by atoms with E-state index in [1.165, 1.54) is 5.56 Å². The van der Waals surface area contributed by atoms with Crippen LogP contribution in [0.3, 0.4) is 0 Å². The van der Waals surface area contributed by atoms with E-state index in [1.54, 1.807) is 12.1 Å². The van der Waals surface area contributed by atoms with Gasteiger partial charge in [0, 0.05) is 12.1 Å². The highest BCUT2D eigenvalue weighted by Gasteiger charge is 2.06. The predicted molar refractivity (Wildman–Crippen MR) is 124 cm³/mol. The molecule has 1 atom stereocenters. The zero-order chi connectivity index (χ0) is 19.6. The molecule has 0 aromatic heterocycles. The minimum atomic E-state index is -0.437. The van der Waals surface area contributed by atoms with Crippen LogP contribution in [0.1, 0.15) is 35.3 Å². The molecule has 2 aromatic carbocycles. The number of nitrogens with one attached hydrogen (secondary N) is 2. The predicted octanol–water partition coefficient (Wildman–Crippen LogP) is 3.23. The second kappa shape index (κ2) is 12.2. The summed E-state index contributed by atoms with van der Waals surface area (Å²) in [6.07, 6.45) is -0.0196. The number of amides is 1. The number of hydrogen-bond acceptors (Lipinski definition) is 3. The third-order valence-electron chi connectivity index (χ3n) is 3.86. The summed E-state index contributed by atoms with van der Waals surface area (Å²) in [5.41, 5.74) is 7.90. The van der Waals surface area contributed by atoms with Crippen molar-refractivity contribution in [1.82, 2.24) is 10.6 Å². The molecule has 1 unspecified atom stereocenters. The van der Waals surface area contributed by atoms with Gasteiger partial charge in [-0.15, -0.1) is 24.0 Å². The highest BCUT2D eigenvalue weighted by Crippen LogP contribution is 2.13. The minimum absolute atomic E-state index is 0. The summed E-state index contributed by atoms with van der Waals surface area (Å²) < 4.78 is 5.93. The van der Waals surface area contributed by atoms with Crippen LogP contribution in [-0.4, -0.2) is 31.1 Å². The first-order valence-corrected chi connectivity index (χ1v) is 9.12. The quantitative estimate of drug-likeness (QED) is 0.298. The number of aryl methyl sites for hydroxylation is 1. The number of benzene rings is 2. The number of primary amides is 1. The molecule has 0 fully saturated rings. The fourth-order valence-corrected chi connectivity index (χ4v) is 2.54. The molecule has 28 heavy (non-hydrogen) atoms. The van der Waals surface area contributed by atoms with E-state index in [2.05, 4.69) is 15.6 Å². The van der Waals surface area contributed by atoms with Crippen LogP contribution >= 0.6 is 24.0 Å². The monoisotopic (exact) mass is 496 g/mol. The lowest BCUT2D eigenvalue weighted by molar-refractivity contribution is 0.1000. The van der Waals surface area contributed by atoms with Crippen LogP contribution in [0.2, 0.25) is 0 Å². The van der Waals surface area contributed by atoms with E-state index in [0.29, 0.717) is 24.6 Å². The number of nitrogens with zero attached hydrogens (tertiary/aromatic N) is 1. The number of carbonyl (C=O) groups excluding carboxylic acids is 1. The van der Waals surface area contributed by atoms with Crippen molar-refractivity contribution in [3.05, 3.63) is 65.2 Å². The van der Waals surface area contributed by atoms with Gasteiger partial charge in [0.1, 0.15) is 11.9 Å². The van der Waals surface area contributed by atoms with Crippen molar-refractivity contribution >= 4 is 35.8 Å². The van der Waals surface area contributed by atoms with Crippen LogP contribution in [0.5, 0.6) is 5.75 Å². The molecule has 2 aromatic rings. The number of aliphatic imine (C=N–C) groups is 1. The maximum absolute atomic E-state index is 11.3. The third-order valence-corrected chi connectivity index (χ3v) is 3.86. The first-order valence-electron chi connectivity index (χ1n) is 9.12. The minimum Gasteiger partial charge on any atom is -0.489 e. The van der Waals surface area contributed by atoms with E-state index >= 15 is 0 Å². The van der Waals surface area contributed by atoms with E-state index in [4.69, 9.17) is 10.5 Å². The van der Waals surface area contributed by atoms with E-state index in [1.807, 2.05) is 57.2 Å². The van der Waals surface area contributed by atoms with Crippen molar-refractivity contribution in [2.24, 2.45) is 10.7 Å². The average Bonchev–Trinajstić information content (AvgIpc) is 2.64. The lowest BCUT2D eigenvalue weighted by Gasteiger charge is -2.18. The smallest absolute Gasteiger partial charge is 0.248 e. The summed E-state index contributed by atoms with van der Waals surface area (Å²) in [5, 5.41) is 6.50. The summed E-state index contributed by atoms with van der Waals surface area (Å²) in [7, 11) is 0. The largest absolute Gasteiger partial charge is 0.489 e. The van der Waals surface area contributed by atoms with E-state index in [-0.39, 0.29) is 30.1 Å². The van der Waals surface area contributed by atoms with Crippen LogP contribution in [0.15, 0.2) is 53.5 Å². The van der Waals surface area contributed by atoms with Gasteiger partial charge in [0.25, 0.3) is 0 Å². The van der Waals surface area contributed by atoms with E-state index in [9.17, 15) is 4.79 Å². The molecule has 0 saturated heterocycles. The van der Waals surface area contributed by atoms with Crippen molar-refractivity contribution in [3.8, 4) is 5.75 Å². The molecular weight excluding hydrogens is 467 g/mol. The summed E-state index contributed by atoms with van der Waals surface area (Å²) in [4.78, 5) is 15.9. The number of hydrogen-bond donors (Lipinski definition) is 3. The van der Waals surface area contributed by atoms with Crippen LogP contribution in [0.25, 0.3) is 0 Å². The average molecular weight is 496 g/mol. The highest BCUT2D eigenvalue weighted by atomic mass is 127. The number of carbonyl (C=O) groups is 1. The molecule has 1 amide bonds. The number of ether oxygens (including phenoxy) is 1. The summed E-state index contributed by atoms with van der Waals surface area (Å²) in [6.45, 7) is 7.87. The molecule has 0 bridgehead atoms. The van der Waals surface area contributed by atoms with Crippen LogP contribution in [0.4, 0.5) is 0 Å². The van der Waals surface area contributed by atoms with Gasteiger partial charge < -0.3 is 21.1 Å². The van der Waals surface area contributed by atoms with Crippen molar-refractivity contribution < 1.29 is 9.53 Å². The molecular formula is C21H29IN4O2. The maximum atomic E-state index is 11.3. The van der Waals surface area contributed by atoms with Gasteiger partial charge in [0.2, 0.25) is 5.91 Å². The molecule has 0 saturated carbocycles. The Kier molecular flexibility index (Phi) is 10.4. The SMILES string of the molecule is CCNC(=NCc1cccc(C(N)=O)c1)NCC(C)Oc1cccc(C)c1.I. The summed E-state index contributed by atoms with van der Waals surface area (Å²) in [6, 6.07) is 15.2. The number of rotatable bonds is 8. The Morgan fingerprint density at radius 2 is 1.93 bits per heavy atom. The standard InChI is InChI=1S/C21H28N4O2.HI/c1-4-23-21(25-14-17-8-6-9-18(12-17)20(22)26)24-13-16(3)27-19-10-5-7-15(2)11-19;/h5-12,16H,4,13-14H2,1-3H3,(H2,22,26)(H2,23,24,25);1H. The molecule has 4 N–H and O–H groups in total. The molecule has 0 heterocycles. The van der Waals surface area contributed by atoms with Crippen molar-refractivity contribution in [3.63, 3.8) is 0 Å². The Morgan fingerprint density at radius 3 is 2.61 bits per heavy atom. The topological polar surface area (TPSA) is 88.7 Å². The lowest BCUT2D eigenvalue weighted by Crippen LogP contribution is -2.41. The van der Waals surface area contributed by atoms with Gasteiger partial charge in [0.05, 0.1) is 13.1 Å². The normalized spacial score (nSPS) is 11.9. The Labute approximate surface area is 184 Å². The molecule has 0 radical (unpaired) electrons. The van der Waals surface area contributed by atoms with Crippen LogP contribution in [-0.2, 0) is 6.54 Å². The number of guanidine groups is 1. The Hall–Kier alpha value is -2.29. The molecule has 6 nitrogen and oxygen atoms in total. The number of halogens is 1. The van der Waals surface area contributed by atoms with E-state index in [0.717, 1.165) is 17.9 Å². The van der Waals surface area contributed by atoms with Gasteiger partial charge in [-0.1, -0.05) is 24.3 Å². The molecule has 152 valence electrons. The molecule has 0 spiro atoms. The zero-order valence-corrected chi connectivity index (χ0v) is 18.9. The maximum Gasteiger partial charge on any atom is 0.248 e. The van der Waals surface area contributed by atoms with Crippen LogP contribution < -0.4 is 21.1 Å². The molecule has 7 heteroatoms. The van der Waals surface area contributed by atoms with Gasteiger partial charge in [-0.2, -0.15) is 0 Å². The fraction of sp³-hybridized carbons (Fsp3) is 0.333. The van der Waals surface area contributed by atoms with Gasteiger partial charge in [0.15, 0.2) is 5.96 Å². The van der Waals surface area contributed by atoms with Crippen molar-refractivity contribution in [2.75, 3.05) is 13.1 Å². The highest BCUT2D eigenvalue weighted by molar-refractivity contribution is 14.0. The summed E-state index contributed by atoms with van der Waals surface area (Å²) in [5.74, 6) is 1.11. The second-order valence-electron chi connectivity index (χ2n) is 6.39. The first-order chi connectivity index (χ1) is 13.0. The lowest BCUT2D eigenvalue weighted by atomic mass is 10.1. The Bertz CT molecular complexity index is 795. The molecule has 0 aliphatic rings. The van der Waals surface area contributed by atoms with Gasteiger partial charge >= 0.3 is 0 Å². The molecule has 2 rings (SSSR count).